The summed E-state index contributed by atoms with van der Waals surface area (Å²) < 4.78 is 1.14. The molecule has 1 aliphatic heterocycles. The Bertz CT molecular complexity index is 430. The lowest BCUT2D eigenvalue weighted by Gasteiger charge is -2.30. The summed E-state index contributed by atoms with van der Waals surface area (Å²) in [4.78, 5) is 27.4. The second-order valence-corrected chi connectivity index (χ2v) is 4.62. The van der Waals surface area contributed by atoms with E-state index in [9.17, 15) is 9.59 Å². The van der Waals surface area contributed by atoms with Crippen LogP contribution in [0.4, 0.5) is 5.95 Å². The van der Waals surface area contributed by atoms with Gasteiger partial charge in [-0.2, -0.15) is 14.8 Å². The Hall–Kier alpha value is -1.72. The quantitative estimate of drug-likeness (QED) is 0.631. The first-order valence-electron chi connectivity index (χ1n) is 4.66. The molecule has 1 unspecified atom stereocenters. The molecule has 1 amide bonds. The van der Waals surface area contributed by atoms with Crippen molar-refractivity contribution < 1.29 is 9.59 Å². The minimum atomic E-state index is -0.716. The van der Waals surface area contributed by atoms with Crippen molar-refractivity contribution in [3.63, 3.8) is 0 Å². The van der Waals surface area contributed by atoms with Crippen LogP contribution in [0.1, 0.15) is 25.6 Å². The summed E-state index contributed by atoms with van der Waals surface area (Å²) in [5.74, 6) is -1.15. The number of carbonyl (C=O) groups is 2. The van der Waals surface area contributed by atoms with E-state index in [1.807, 2.05) is 20.8 Å². The summed E-state index contributed by atoms with van der Waals surface area (Å²) in [7, 11) is 0. The number of aromatic nitrogens is 3. The number of anilines is 1. The van der Waals surface area contributed by atoms with Crippen LogP contribution in [-0.4, -0.2) is 26.6 Å². The van der Waals surface area contributed by atoms with E-state index in [4.69, 9.17) is 0 Å². The van der Waals surface area contributed by atoms with Crippen LogP contribution in [0.2, 0.25) is 0 Å². The molecule has 0 saturated carbocycles. The summed E-state index contributed by atoms with van der Waals surface area (Å²) >= 11 is 0. The lowest BCUT2D eigenvalue weighted by molar-refractivity contribution is -0.121. The lowest BCUT2D eigenvalue weighted by atomic mass is 9.79. The Kier molecular flexibility index (Phi) is 1.89. The van der Waals surface area contributed by atoms with Crippen LogP contribution in [-0.2, 0) is 4.79 Å². The molecule has 2 heterocycles. The molecule has 0 saturated heterocycles. The first kappa shape index (κ1) is 9.82. The van der Waals surface area contributed by atoms with E-state index in [-0.39, 0.29) is 17.8 Å². The third-order valence-corrected chi connectivity index (χ3v) is 2.37. The summed E-state index contributed by atoms with van der Waals surface area (Å²) in [5, 5.41) is 6.33. The smallest absolute Gasteiger partial charge is 0.263 e. The van der Waals surface area contributed by atoms with Gasteiger partial charge in [-0.15, -0.1) is 0 Å². The second kappa shape index (κ2) is 2.88. The SMILES string of the molecule is CC(C)(C)C1C(=O)Nc2ncnn2C1=O. The number of nitrogens with one attached hydrogen (secondary N) is 1. The zero-order valence-corrected chi connectivity index (χ0v) is 8.81. The third kappa shape index (κ3) is 1.42. The molecule has 0 bridgehead atoms. The number of hydrogen-bond acceptors (Lipinski definition) is 4. The minimum Gasteiger partial charge on any atom is -0.294 e. The maximum atomic E-state index is 11.9. The molecule has 0 fully saturated rings. The molecular formula is C9H12N4O2. The largest absolute Gasteiger partial charge is 0.294 e. The van der Waals surface area contributed by atoms with Gasteiger partial charge in [-0.25, -0.2) is 0 Å². The van der Waals surface area contributed by atoms with Crippen molar-refractivity contribution in [2.45, 2.75) is 20.8 Å². The first-order valence-corrected chi connectivity index (χ1v) is 4.66. The van der Waals surface area contributed by atoms with E-state index >= 15 is 0 Å². The zero-order chi connectivity index (χ0) is 11.2. The molecule has 1 aliphatic rings. The molecule has 80 valence electrons. The molecule has 2 rings (SSSR count). The van der Waals surface area contributed by atoms with E-state index in [0.29, 0.717) is 0 Å². The molecule has 1 aromatic heterocycles. The van der Waals surface area contributed by atoms with Gasteiger partial charge in [0, 0.05) is 0 Å². The Morgan fingerprint density at radius 2 is 2.07 bits per heavy atom. The Morgan fingerprint density at radius 1 is 1.40 bits per heavy atom. The molecular weight excluding hydrogens is 196 g/mol. The van der Waals surface area contributed by atoms with Crippen LogP contribution in [0.25, 0.3) is 0 Å². The van der Waals surface area contributed by atoms with Crippen LogP contribution in [0.15, 0.2) is 6.33 Å². The van der Waals surface area contributed by atoms with Crippen molar-refractivity contribution in [1.29, 1.82) is 0 Å². The molecule has 0 aliphatic carbocycles. The van der Waals surface area contributed by atoms with Crippen molar-refractivity contribution in [1.82, 2.24) is 14.8 Å². The van der Waals surface area contributed by atoms with Gasteiger partial charge < -0.3 is 0 Å². The average molecular weight is 208 g/mol. The fraction of sp³-hybridized carbons (Fsp3) is 0.556. The third-order valence-electron chi connectivity index (χ3n) is 2.37. The van der Waals surface area contributed by atoms with Gasteiger partial charge in [0.15, 0.2) is 0 Å². The van der Waals surface area contributed by atoms with Gasteiger partial charge in [0.2, 0.25) is 11.9 Å². The molecule has 1 N–H and O–H groups in total. The van der Waals surface area contributed by atoms with E-state index in [1.165, 1.54) is 6.33 Å². The van der Waals surface area contributed by atoms with E-state index < -0.39 is 11.3 Å². The summed E-state index contributed by atoms with van der Waals surface area (Å²) in [5.41, 5.74) is -0.426. The number of amides is 1. The predicted molar refractivity (Wildman–Crippen MR) is 52.2 cm³/mol. The van der Waals surface area contributed by atoms with Crippen LogP contribution in [0, 0.1) is 11.3 Å². The fourth-order valence-electron chi connectivity index (χ4n) is 1.67. The van der Waals surface area contributed by atoms with Gasteiger partial charge in [-0.05, 0) is 5.41 Å². The van der Waals surface area contributed by atoms with Gasteiger partial charge in [0.25, 0.3) is 5.91 Å². The van der Waals surface area contributed by atoms with Crippen molar-refractivity contribution in [3.8, 4) is 0 Å². The van der Waals surface area contributed by atoms with E-state index in [2.05, 4.69) is 15.4 Å². The van der Waals surface area contributed by atoms with Gasteiger partial charge in [-0.1, -0.05) is 20.8 Å². The molecule has 1 aromatic rings. The number of rotatable bonds is 0. The predicted octanol–water partition coefficient (Wildman–Crippen LogP) is 0.533. The van der Waals surface area contributed by atoms with Gasteiger partial charge >= 0.3 is 0 Å². The minimum absolute atomic E-state index is 0.200. The first-order chi connectivity index (χ1) is 6.91. The van der Waals surface area contributed by atoms with Crippen LogP contribution >= 0.6 is 0 Å². The molecule has 6 nitrogen and oxygen atoms in total. The van der Waals surface area contributed by atoms with E-state index in [0.717, 1.165) is 4.68 Å². The topological polar surface area (TPSA) is 76.9 Å². The van der Waals surface area contributed by atoms with Crippen molar-refractivity contribution in [2.75, 3.05) is 5.32 Å². The Labute approximate surface area is 86.7 Å². The van der Waals surface area contributed by atoms with E-state index in [1.54, 1.807) is 0 Å². The zero-order valence-electron chi connectivity index (χ0n) is 8.81. The molecule has 0 spiro atoms. The Morgan fingerprint density at radius 3 is 2.67 bits per heavy atom. The Balaban J connectivity index is 2.47. The molecule has 0 aromatic carbocycles. The normalized spacial score (nSPS) is 21.1. The number of fused-ring (bicyclic) bond motifs is 1. The highest BCUT2D eigenvalue weighted by atomic mass is 16.2. The number of hydrogen-bond donors (Lipinski definition) is 1. The molecule has 0 radical (unpaired) electrons. The average Bonchev–Trinajstić information content (AvgIpc) is 2.48. The highest BCUT2D eigenvalue weighted by Gasteiger charge is 2.43. The van der Waals surface area contributed by atoms with Gasteiger partial charge in [0.05, 0.1) is 0 Å². The summed E-state index contributed by atoms with van der Waals surface area (Å²) in [6.07, 6.45) is 1.25. The fourth-order valence-corrected chi connectivity index (χ4v) is 1.67. The highest BCUT2D eigenvalue weighted by Crippen LogP contribution is 2.31. The summed E-state index contributed by atoms with van der Waals surface area (Å²) in [6.45, 7) is 5.53. The molecule has 15 heavy (non-hydrogen) atoms. The van der Waals surface area contributed by atoms with Crippen molar-refractivity contribution in [2.24, 2.45) is 11.3 Å². The van der Waals surface area contributed by atoms with Crippen LogP contribution in [0.5, 0.6) is 0 Å². The standard InChI is InChI=1S/C9H12N4O2/c1-9(2,3)5-6(14)12-8-10-4-11-13(8)7(5)15/h4-5H,1-3H3,(H,10,11,12,14). The van der Waals surface area contributed by atoms with Gasteiger partial charge in [-0.3, -0.25) is 14.9 Å². The number of carbonyl (C=O) groups excluding carboxylic acids is 2. The lowest BCUT2D eigenvalue weighted by Crippen LogP contribution is -2.46. The molecule has 6 heteroatoms. The van der Waals surface area contributed by atoms with Gasteiger partial charge in [0.1, 0.15) is 12.2 Å². The highest BCUT2D eigenvalue weighted by molar-refractivity contribution is 6.11. The van der Waals surface area contributed by atoms with Crippen molar-refractivity contribution >= 4 is 17.8 Å². The molecule has 1 atom stereocenters. The van der Waals surface area contributed by atoms with Crippen LogP contribution in [0.3, 0.4) is 0 Å². The van der Waals surface area contributed by atoms with Crippen molar-refractivity contribution in [3.05, 3.63) is 6.33 Å². The second-order valence-electron chi connectivity index (χ2n) is 4.62. The monoisotopic (exact) mass is 208 g/mol. The summed E-state index contributed by atoms with van der Waals surface area (Å²) in [6, 6.07) is 0. The number of nitrogens with zero attached hydrogens (tertiary/aromatic N) is 3. The maximum absolute atomic E-state index is 11.9. The van der Waals surface area contributed by atoms with Crippen LogP contribution < -0.4 is 5.32 Å². The maximum Gasteiger partial charge on any atom is 0.263 e.